The number of hydrogen-bond acceptors (Lipinski definition) is 4. The van der Waals surface area contributed by atoms with Crippen LogP contribution >= 0.6 is 0 Å². The van der Waals surface area contributed by atoms with Gasteiger partial charge in [0.25, 0.3) is 5.91 Å². The van der Waals surface area contributed by atoms with Crippen molar-refractivity contribution in [2.75, 3.05) is 0 Å². The molecule has 0 atom stereocenters. The quantitative estimate of drug-likeness (QED) is 0.618. The van der Waals surface area contributed by atoms with Gasteiger partial charge in [0.05, 0.1) is 18.5 Å². The van der Waals surface area contributed by atoms with Gasteiger partial charge in [0.15, 0.2) is 5.76 Å². The zero-order valence-electron chi connectivity index (χ0n) is 13.3. The summed E-state index contributed by atoms with van der Waals surface area (Å²) >= 11 is 0. The summed E-state index contributed by atoms with van der Waals surface area (Å²) < 4.78 is 5.39. The zero-order valence-corrected chi connectivity index (χ0v) is 13.3. The highest BCUT2D eigenvalue weighted by molar-refractivity contribution is 6.06. The highest BCUT2D eigenvalue weighted by atomic mass is 16.3. The van der Waals surface area contributed by atoms with Gasteiger partial charge in [-0.2, -0.15) is 0 Å². The molecule has 0 unspecified atom stereocenters. The SMILES string of the molecule is O=C(NCc1nccnc1-c1ccco1)c1cccc2ccccc12. The average Bonchev–Trinajstić information content (AvgIpc) is 3.20. The second-order valence-corrected chi connectivity index (χ2v) is 5.54. The predicted octanol–water partition coefficient (Wildman–Crippen LogP) is 3.82. The van der Waals surface area contributed by atoms with Crippen molar-refractivity contribution < 1.29 is 9.21 Å². The first-order valence-corrected chi connectivity index (χ1v) is 7.92. The van der Waals surface area contributed by atoms with E-state index in [4.69, 9.17) is 4.42 Å². The number of benzene rings is 2. The maximum absolute atomic E-state index is 12.6. The maximum atomic E-state index is 12.6. The zero-order chi connectivity index (χ0) is 17.1. The minimum Gasteiger partial charge on any atom is -0.463 e. The first-order valence-electron chi connectivity index (χ1n) is 7.92. The number of rotatable bonds is 4. The van der Waals surface area contributed by atoms with Gasteiger partial charge < -0.3 is 9.73 Å². The summed E-state index contributed by atoms with van der Waals surface area (Å²) in [5, 5.41) is 4.88. The molecule has 25 heavy (non-hydrogen) atoms. The van der Waals surface area contributed by atoms with Crippen molar-refractivity contribution >= 4 is 16.7 Å². The molecule has 0 saturated heterocycles. The van der Waals surface area contributed by atoms with Gasteiger partial charge in [0, 0.05) is 18.0 Å². The number of aromatic nitrogens is 2. The fourth-order valence-electron chi connectivity index (χ4n) is 2.80. The molecule has 2 heterocycles. The summed E-state index contributed by atoms with van der Waals surface area (Å²) in [6.45, 7) is 0.270. The normalized spacial score (nSPS) is 10.7. The number of carbonyl (C=O) groups excluding carboxylic acids is 1. The van der Waals surface area contributed by atoms with Crippen LogP contribution in [0.15, 0.2) is 77.7 Å². The third-order valence-corrected chi connectivity index (χ3v) is 3.98. The highest BCUT2D eigenvalue weighted by Crippen LogP contribution is 2.21. The number of nitrogens with zero attached hydrogens (tertiary/aromatic N) is 2. The van der Waals surface area contributed by atoms with E-state index in [9.17, 15) is 4.79 Å². The van der Waals surface area contributed by atoms with Crippen LogP contribution in [0.25, 0.3) is 22.2 Å². The largest absolute Gasteiger partial charge is 0.463 e. The van der Waals surface area contributed by atoms with Crippen LogP contribution in [-0.2, 0) is 6.54 Å². The number of amides is 1. The van der Waals surface area contributed by atoms with Gasteiger partial charge in [-0.05, 0) is 29.0 Å². The number of fused-ring (bicyclic) bond motifs is 1. The number of hydrogen-bond donors (Lipinski definition) is 1. The van der Waals surface area contributed by atoms with E-state index >= 15 is 0 Å². The molecule has 1 amide bonds. The number of nitrogens with one attached hydrogen (secondary N) is 1. The molecule has 0 aliphatic heterocycles. The lowest BCUT2D eigenvalue weighted by Crippen LogP contribution is -2.24. The monoisotopic (exact) mass is 329 g/mol. The van der Waals surface area contributed by atoms with Gasteiger partial charge >= 0.3 is 0 Å². The molecule has 1 N–H and O–H groups in total. The molecular formula is C20H15N3O2. The van der Waals surface area contributed by atoms with Gasteiger partial charge in [0.2, 0.25) is 0 Å². The molecule has 122 valence electrons. The van der Waals surface area contributed by atoms with Gasteiger partial charge in [-0.1, -0.05) is 36.4 Å². The Labute approximate surface area is 144 Å². The van der Waals surface area contributed by atoms with E-state index in [1.807, 2.05) is 48.5 Å². The molecule has 5 heteroatoms. The van der Waals surface area contributed by atoms with Crippen LogP contribution in [0.2, 0.25) is 0 Å². The van der Waals surface area contributed by atoms with Crippen LogP contribution in [-0.4, -0.2) is 15.9 Å². The lowest BCUT2D eigenvalue weighted by atomic mass is 10.0. The van der Waals surface area contributed by atoms with E-state index in [0.29, 0.717) is 22.7 Å². The van der Waals surface area contributed by atoms with Gasteiger partial charge in [-0.25, -0.2) is 4.98 Å². The summed E-state index contributed by atoms with van der Waals surface area (Å²) in [6, 6.07) is 17.1. The highest BCUT2D eigenvalue weighted by Gasteiger charge is 2.13. The Morgan fingerprint density at radius 2 is 1.80 bits per heavy atom. The first kappa shape index (κ1) is 15.1. The third kappa shape index (κ3) is 2.99. The molecule has 0 aliphatic carbocycles. The summed E-state index contributed by atoms with van der Waals surface area (Å²) in [6.07, 6.45) is 4.79. The van der Waals surface area contributed by atoms with Crippen molar-refractivity contribution in [2.24, 2.45) is 0 Å². The number of carbonyl (C=O) groups is 1. The van der Waals surface area contributed by atoms with Crippen LogP contribution < -0.4 is 5.32 Å². The topological polar surface area (TPSA) is 68.0 Å². The smallest absolute Gasteiger partial charge is 0.252 e. The summed E-state index contributed by atoms with van der Waals surface area (Å²) in [4.78, 5) is 21.3. The lowest BCUT2D eigenvalue weighted by molar-refractivity contribution is 0.0952. The Balaban J connectivity index is 1.59. The Morgan fingerprint density at radius 3 is 2.68 bits per heavy atom. The van der Waals surface area contributed by atoms with Crippen LogP contribution in [0.5, 0.6) is 0 Å². The van der Waals surface area contributed by atoms with E-state index in [-0.39, 0.29) is 12.5 Å². The minimum absolute atomic E-state index is 0.146. The molecular weight excluding hydrogens is 314 g/mol. The first-order chi connectivity index (χ1) is 12.3. The summed E-state index contributed by atoms with van der Waals surface area (Å²) in [5.41, 5.74) is 1.93. The number of furan rings is 1. The van der Waals surface area contributed by atoms with E-state index in [2.05, 4.69) is 15.3 Å². The molecule has 2 aromatic heterocycles. The molecule has 0 bridgehead atoms. The molecule has 0 saturated carbocycles. The van der Waals surface area contributed by atoms with E-state index < -0.39 is 0 Å². The van der Waals surface area contributed by atoms with Crippen LogP contribution in [0, 0.1) is 0 Å². The molecule has 5 nitrogen and oxygen atoms in total. The second kappa shape index (κ2) is 6.57. The molecule has 2 aromatic carbocycles. The van der Waals surface area contributed by atoms with E-state index in [1.54, 1.807) is 24.7 Å². The molecule has 4 aromatic rings. The Bertz CT molecular complexity index is 1020. The Hall–Kier alpha value is -3.47. The van der Waals surface area contributed by atoms with Gasteiger partial charge in [-0.15, -0.1) is 0 Å². The van der Waals surface area contributed by atoms with Gasteiger partial charge in [-0.3, -0.25) is 9.78 Å². The lowest BCUT2D eigenvalue weighted by Gasteiger charge is -2.09. The second-order valence-electron chi connectivity index (χ2n) is 5.54. The minimum atomic E-state index is -0.146. The Kier molecular flexibility index (Phi) is 3.96. The molecule has 4 rings (SSSR count). The van der Waals surface area contributed by atoms with Crippen LogP contribution in [0.1, 0.15) is 16.1 Å². The van der Waals surface area contributed by atoms with Crippen molar-refractivity contribution in [1.29, 1.82) is 0 Å². The van der Waals surface area contributed by atoms with Crippen molar-refractivity contribution in [2.45, 2.75) is 6.54 Å². The fourth-order valence-corrected chi connectivity index (χ4v) is 2.80. The fraction of sp³-hybridized carbons (Fsp3) is 0.0500. The van der Waals surface area contributed by atoms with Crippen molar-refractivity contribution in [3.05, 3.63) is 84.5 Å². The predicted molar refractivity (Wildman–Crippen MR) is 94.9 cm³/mol. The molecule has 0 radical (unpaired) electrons. The van der Waals surface area contributed by atoms with E-state index in [0.717, 1.165) is 10.8 Å². The molecule has 0 fully saturated rings. The van der Waals surface area contributed by atoms with E-state index in [1.165, 1.54) is 0 Å². The van der Waals surface area contributed by atoms with Crippen LogP contribution in [0.4, 0.5) is 0 Å². The van der Waals surface area contributed by atoms with Crippen molar-refractivity contribution in [3.63, 3.8) is 0 Å². The van der Waals surface area contributed by atoms with Crippen molar-refractivity contribution in [3.8, 4) is 11.5 Å². The molecule has 0 spiro atoms. The molecule has 0 aliphatic rings. The summed E-state index contributed by atoms with van der Waals surface area (Å²) in [7, 11) is 0. The third-order valence-electron chi connectivity index (χ3n) is 3.98. The standard InChI is InChI=1S/C20H15N3O2/c24-20(16-8-3-6-14-5-1-2-7-15(14)16)23-13-17-19(22-11-10-21-17)18-9-4-12-25-18/h1-12H,13H2,(H,23,24). The Morgan fingerprint density at radius 1 is 0.960 bits per heavy atom. The van der Waals surface area contributed by atoms with Crippen molar-refractivity contribution in [1.82, 2.24) is 15.3 Å². The van der Waals surface area contributed by atoms with Gasteiger partial charge in [0.1, 0.15) is 5.69 Å². The summed E-state index contributed by atoms with van der Waals surface area (Å²) in [5.74, 6) is 0.482. The van der Waals surface area contributed by atoms with Crippen LogP contribution in [0.3, 0.4) is 0 Å². The average molecular weight is 329 g/mol. The maximum Gasteiger partial charge on any atom is 0.252 e.